The Kier molecular flexibility index (Phi) is 3.56. The van der Waals surface area contributed by atoms with Crippen LogP contribution in [0.4, 0.5) is 0 Å². The Bertz CT molecular complexity index is 579. The monoisotopic (exact) mass is 292 g/mol. The highest BCUT2D eigenvalue weighted by atomic mass is 35.5. The molecule has 0 aliphatic carbocycles. The average molecular weight is 293 g/mol. The van der Waals surface area contributed by atoms with Gasteiger partial charge in [-0.15, -0.1) is 0 Å². The van der Waals surface area contributed by atoms with E-state index in [-0.39, 0.29) is 18.6 Å². The van der Waals surface area contributed by atoms with Gasteiger partial charge in [0.25, 0.3) is 5.91 Å². The fourth-order valence-corrected chi connectivity index (χ4v) is 2.11. The van der Waals surface area contributed by atoms with Crippen molar-refractivity contribution < 1.29 is 9.53 Å². The number of nitrogens with zero attached hydrogens (tertiary/aromatic N) is 4. The highest BCUT2D eigenvalue weighted by Gasteiger charge is 2.33. The molecule has 20 heavy (non-hydrogen) atoms. The lowest BCUT2D eigenvalue weighted by Gasteiger charge is -2.38. The van der Waals surface area contributed by atoms with E-state index in [1.807, 2.05) is 0 Å². The number of carbonyl (C=O) groups is 1. The molecular formula is C13H13ClN4O2. The second-order valence-corrected chi connectivity index (χ2v) is 4.98. The van der Waals surface area contributed by atoms with Gasteiger partial charge in [0.15, 0.2) is 6.61 Å². The van der Waals surface area contributed by atoms with Gasteiger partial charge in [0.1, 0.15) is 11.8 Å². The van der Waals surface area contributed by atoms with Gasteiger partial charge in [-0.2, -0.15) is 15.0 Å². The zero-order valence-corrected chi connectivity index (χ0v) is 11.4. The van der Waals surface area contributed by atoms with Crippen LogP contribution in [-0.2, 0) is 4.79 Å². The van der Waals surface area contributed by atoms with Crippen molar-refractivity contribution in [2.24, 2.45) is 0 Å². The van der Waals surface area contributed by atoms with E-state index in [9.17, 15) is 4.79 Å². The molecule has 1 aliphatic rings. The number of amides is 1. The molecule has 1 saturated heterocycles. The van der Waals surface area contributed by atoms with Crippen LogP contribution in [0.2, 0.25) is 5.02 Å². The summed E-state index contributed by atoms with van der Waals surface area (Å²) in [5, 5.41) is 8.76. The highest BCUT2D eigenvalue weighted by molar-refractivity contribution is 6.30. The molecule has 2 heterocycles. The second-order valence-electron chi connectivity index (χ2n) is 4.54. The number of benzene rings is 1. The van der Waals surface area contributed by atoms with Crippen LogP contribution in [0, 0.1) is 0 Å². The number of hydrogen-bond donors (Lipinski definition) is 0. The largest absolute Gasteiger partial charge is 0.484 e. The van der Waals surface area contributed by atoms with Gasteiger partial charge in [0.05, 0.1) is 12.4 Å². The quantitative estimate of drug-likeness (QED) is 0.854. The lowest BCUT2D eigenvalue weighted by molar-refractivity contribution is -0.139. The summed E-state index contributed by atoms with van der Waals surface area (Å²) in [5.41, 5.74) is 0. The lowest BCUT2D eigenvalue weighted by Crippen LogP contribution is -2.52. The molecule has 2 aromatic rings. The number of aromatic nitrogens is 3. The Morgan fingerprint density at radius 2 is 1.90 bits per heavy atom. The van der Waals surface area contributed by atoms with E-state index in [0.29, 0.717) is 23.9 Å². The van der Waals surface area contributed by atoms with Crippen molar-refractivity contribution in [1.29, 1.82) is 0 Å². The van der Waals surface area contributed by atoms with Crippen LogP contribution < -0.4 is 4.74 Å². The first-order valence-corrected chi connectivity index (χ1v) is 6.62. The maximum Gasteiger partial charge on any atom is 0.260 e. The molecule has 0 radical (unpaired) electrons. The summed E-state index contributed by atoms with van der Waals surface area (Å²) in [5.74, 6) is 0.594. The molecule has 0 spiro atoms. The molecule has 1 fully saturated rings. The molecule has 0 unspecified atom stereocenters. The molecule has 3 rings (SSSR count). The molecule has 0 atom stereocenters. The van der Waals surface area contributed by atoms with Crippen molar-refractivity contribution in [3.8, 4) is 5.75 Å². The van der Waals surface area contributed by atoms with Gasteiger partial charge >= 0.3 is 0 Å². The van der Waals surface area contributed by atoms with Gasteiger partial charge in [0, 0.05) is 18.1 Å². The molecule has 0 N–H and O–H groups in total. The first-order chi connectivity index (χ1) is 9.72. The number of halogens is 1. The zero-order chi connectivity index (χ0) is 13.9. The van der Waals surface area contributed by atoms with Crippen LogP contribution in [0.5, 0.6) is 5.75 Å². The second kappa shape index (κ2) is 5.50. The van der Waals surface area contributed by atoms with Crippen LogP contribution in [0.3, 0.4) is 0 Å². The van der Waals surface area contributed by atoms with Crippen molar-refractivity contribution in [2.75, 3.05) is 19.7 Å². The van der Waals surface area contributed by atoms with Crippen molar-refractivity contribution >= 4 is 17.5 Å². The molecule has 0 bridgehead atoms. The Morgan fingerprint density at radius 1 is 1.25 bits per heavy atom. The number of rotatable bonds is 4. The molecule has 1 aromatic carbocycles. The zero-order valence-electron chi connectivity index (χ0n) is 10.6. The van der Waals surface area contributed by atoms with E-state index in [2.05, 4.69) is 10.2 Å². The predicted molar refractivity (Wildman–Crippen MR) is 72.6 cm³/mol. The van der Waals surface area contributed by atoms with E-state index in [4.69, 9.17) is 16.3 Å². The standard InChI is InChI=1S/C13H13ClN4O2/c14-10-1-3-12(4-2-10)20-9-13(19)17-7-11(8-17)18-15-5-6-16-18/h1-6,11H,7-9H2. The fraction of sp³-hybridized carbons (Fsp3) is 0.308. The Labute approximate surface area is 120 Å². The average Bonchev–Trinajstić information content (AvgIpc) is 2.90. The minimum atomic E-state index is -0.0386. The molecule has 7 heteroatoms. The smallest absolute Gasteiger partial charge is 0.260 e. The molecule has 1 aliphatic heterocycles. The summed E-state index contributed by atoms with van der Waals surface area (Å²) >= 11 is 5.78. The molecule has 1 amide bonds. The summed E-state index contributed by atoms with van der Waals surface area (Å²) in [6, 6.07) is 7.10. The van der Waals surface area contributed by atoms with Crippen LogP contribution >= 0.6 is 11.6 Å². The van der Waals surface area contributed by atoms with E-state index < -0.39 is 0 Å². The van der Waals surface area contributed by atoms with Gasteiger partial charge in [-0.25, -0.2) is 0 Å². The molecule has 6 nitrogen and oxygen atoms in total. The molecule has 1 aromatic heterocycles. The normalized spacial score (nSPS) is 14.9. The Hall–Kier alpha value is -2.08. The summed E-state index contributed by atoms with van der Waals surface area (Å²) in [6.45, 7) is 1.27. The van der Waals surface area contributed by atoms with Gasteiger partial charge in [-0.05, 0) is 24.3 Å². The Morgan fingerprint density at radius 3 is 2.55 bits per heavy atom. The summed E-state index contributed by atoms with van der Waals surface area (Å²) in [4.78, 5) is 15.3. The van der Waals surface area contributed by atoms with E-state index in [0.717, 1.165) is 0 Å². The van der Waals surface area contributed by atoms with Crippen molar-refractivity contribution in [3.05, 3.63) is 41.7 Å². The van der Waals surface area contributed by atoms with Crippen LogP contribution in [0.25, 0.3) is 0 Å². The van der Waals surface area contributed by atoms with Gasteiger partial charge in [-0.3, -0.25) is 4.79 Å². The first-order valence-electron chi connectivity index (χ1n) is 6.24. The fourth-order valence-electron chi connectivity index (χ4n) is 1.99. The van der Waals surface area contributed by atoms with Crippen molar-refractivity contribution in [3.63, 3.8) is 0 Å². The number of hydrogen-bond acceptors (Lipinski definition) is 4. The van der Waals surface area contributed by atoms with Gasteiger partial charge in [-0.1, -0.05) is 11.6 Å². The summed E-state index contributed by atoms with van der Waals surface area (Å²) < 4.78 is 5.42. The molecular weight excluding hydrogens is 280 g/mol. The van der Waals surface area contributed by atoms with Gasteiger partial charge < -0.3 is 9.64 Å². The molecule has 0 saturated carbocycles. The highest BCUT2D eigenvalue weighted by Crippen LogP contribution is 2.20. The maximum absolute atomic E-state index is 11.9. The first kappa shape index (κ1) is 12.9. The van der Waals surface area contributed by atoms with Gasteiger partial charge in [0.2, 0.25) is 0 Å². The van der Waals surface area contributed by atoms with Crippen molar-refractivity contribution in [2.45, 2.75) is 6.04 Å². The Balaban J connectivity index is 1.46. The van der Waals surface area contributed by atoms with Crippen LogP contribution in [-0.4, -0.2) is 45.5 Å². The topological polar surface area (TPSA) is 60.2 Å². The summed E-state index contributed by atoms with van der Waals surface area (Å²) in [7, 11) is 0. The van der Waals surface area contributed by atoms with Crippen LogP contribution in [0.15, 0.2) is 36.7 Å². The van der Waals surface area contributed by atoms with E-state index in [1.54, 1.807) is 46.4 Å². The van der Waals surface area contributed by atoms with Crippen molar-refractivity contribution in [1.82, 2.24) is 19.9 Å². The number of carbonyl (C=O) groups excluding carboxylic acids is 1. The SMILES string of the molecule is O=C(COc1ccc(Cl)cc1)N1CC(n2nccn2)C1. The maximum atomic E-state index is 11.9. The third-order valence-corrected chi connectivity index (χ3v) is 3.41. The molecule has 104 valence electrons. The van der Waals surface area contributed by atoms with Crippen LogP contribution in [0.1, 0.15) is 6.04 Å². The van der Waals surface area contributed by atoms with E-state index in [1.165, 1.54) is 0 Å². The van der Waals surface area contributed by atoms with E-state index >= 15 is 0 Å². The predicted octanol–water partition coefficient (Wildman–Crippen LogP) is 1.39. The lowest BCUT2D eigenvalue weighted by atomic mass is 10.1. The summed E-state index contributed by atoms with van der Waals surface area (Å²) in [6.07, 6.45) is 3.27. The minimum absolute atomic E-state index is 0.0287. The number of ether oxygens (including phenoxy) is 1. The number of likely N-dealkylation sites (tertiary alicyclic amines) is 1. The minimum Gasteiger partial charge on any atom is -0.484 e. The third-order valence-electron chi connectivity index (χ3n) is 3.15. The third kappa shape index (κ3) is 2.75.